The normalized spacial score (nSPS) is 11.1. The van der Waals surface area contributed by atoms with Gasteiger partial charge in [-0.1, -0.05) is 67.3 Å². The van der Waals surface area contributed by atoms with Gasteiger partial charge in [0.15, 0.2) is 10.9 Å². The molecule has 0 aliphatic rings. The number of carbonyl (C=O) groups excluding carboxylic acids is 1. The van der Waals surface area contributed by atoms with Crippen LogP contribution < -0.4 is 10.1 Å². The first-order chi connectivity index (χ1) is 12.5. The fraction of sp³-hybridized carbons (Fsp3) is 0.278. The lowest BCUT2D eigenvalue weighted by atomic mass is 10.1. The minimum atomic E-state index is -0.262. The van der Waals surface area contributed by atoms with Crippen molar-refractivity contribution in [2.45, 2.75) is 18.2 Å². The summed E-state index contributed by atoms with van der Waals surface area (Å²) in [6.45, 7) is 4.21. The van der Waals surface area contributed by atoms with Crippen molar-refractivity contribution in [3.8, 4) is 5.75 Å². The van der Waals surface area contributed by atoms with Crippen LogP contribution in [0.3, 0.4) is 0 Å². The molecule has 136 valence electrons. The number of benzene rings is 2. The molecular weight excluding hydrogens is 434 g/mol. The standard InChI is InChI=1S/C18H18BrN3O2S2/c1-11(2)10-25-18-22-21-17(26-18)20-15(23)9-24-14-8-7-12-5-3-4-6-13(12)16(14)19/h3-8,11H,9-10H2,1-2H3,(H,20,21,23). The Morgan fingerprint density at radius 2 is 2.08 bits per heavy atom. The lowest BCUT2D eigenvalue weighted by molar-refractivity contribution is -0.118. The summed E-state index contributed by atoms with van der Waals surface area (Å²) in [5.41, 5.74) is 0. The zero-order valence-electron chi connectivity index (χ0n) is 14.4. The van der Waals surface area contributed by atoms with Crippen molar-refractivity contribution in [3.63, 3.8) is 0 Å². The van der Waals surface area contributed by atoms with Gasteiger partial charge >= 0.3 is 0 Å². The van der Waals surface area contributed by atoms with Gasteiger partial charge in [-0.05, 0) is 38.7 Å². The first kappa shape index (κ1) is 19.1. The first-order valence-corrected chi connectivity index (χ1v) is 10.7. The maximum Gasteiger partial charge on any atom is 0.264 e. The average Bonchev–Trinajstić information content (AvgIpc) is 3.07. The number of hydrogen-bond donors (Lipinski definition) is 1. The highest BCUT2D eigenvalue weighted by Gasteiger charge is 2.12. The Hall–Kier alpha value is -1.64. The average molecular weight is 452 g/mol. The molecule has 0 spiro atoms. The molecule has 0 saturated carbocycles. The number of rotatable bonds is 7. The fourth-order valence-corrected chi connectivity index (χ4v) is 4.53. The van der Waals surface area contributed by atoms with Gasteiger partial charge in [-0.25, -0.2) is 0 Å². The van der Waals surface area contributed by atoms with E-state index in [0.29, 0.717) is 16.8 Å². The Morgan fingerprint density at radius 1 is 1.27 bits per heavy atom. The van der Waals surface area contributed by atoms with Crippen LogP contribution in [-0.4, -0.2) is 28.5 Å². The van der Waals surface area contributed by atoms with Crippen molar-refractivity contribution in [1.29, 1.82) is 0 Å². The van der Waals surface area contributed by atoms with Crippen molar-refractivity contribution in [1.82, 2.24) is 10.2 Å². The SMILES string of the molecule is CC(C)CSc1nnc(NC(=O)COc2ccc3ccccc3c2Br)s1. The van der Waals surface area contributed by atoms with Gasteiger partial charge in [0.05, 0.1) is 4.47 Å². The first-order valence-electron chi connectivity index (χ1n) is 8.09. The lowest BCUT2D eigenvalue weighted by Gasteiger charge is -2.09. The van der Waals surface area contributed by atoms with Crippen LogP contribution in [0.1, 0.15) is 13.8 Å². The number of halogens is 1. The summed E-state index contributed by atoms with van der Waals surface area (Å²) in [7, 11) is 0. The zero-order valence-corrected chi connectivity index (χ0v) is 17.6. The predicted molar refractivity (Wildman–Crippen MR) is 111 cm³/mol. The molecule has 0 saturated heterocycles. The van der Waals surface area contributed by atoms with E-state index in [2.05, 4.69) is 45.3 Å². The number of anilines is 1. The summed E-state index contributed by atoms with van der Waals surface area (Å²) in [5.74, 6) is 1.92. The molecule has 0 bridgehead atoms. The topological polar surface area (TPSA) is 64.1 Å². The molecule has 5 nitrogen and oxygen atoms in total. The molecule has 0 aliphatic carbocycles. The molecule has 3 rings (SSSR count). The second-order valence-corrected chi connectivity index (χ2v) is 9.05. The van der Waals surface area contributed by atoms with Crippen LogP contribution in [0.15, 0.2) is 45.2 Å². The van der Waals surface area contributed by atoms with Crippen molar-refractivity contribution in [2.75, 3.05) is 17.7 Å². The van der Waals surface area contributed by atoms with E-state index in [-0.39, 0.29) is 12.5 Å². The highest BCUT2D eigenvalue weighted by atomic mass is 79.9. The largest absolute Gasteiger partial charge is 0.483 e. The van der Waals surface area contributed by atoms with Crippen LogP contribution in [0.25, 0.3) is 10.8 Å². The van der Waals surface area contributed by atoms with E-state index in [1.807, 2.05) is 36.4 Å². The van der Waals surface area contributed by atoms with Crippen LogP contribution in [0, 0.1) is 5.92 Å². The van der Waals surface area contributed by atoms with Crippen LogP contribution in [0.4, 0.5) is 5.13 Å². The Labute approximate surface area is 168 Å². The maximum atomic E-state index is 12.1. The third kappa shape index (κ3) is 4.96. The minimum absolute atomic E-state index is 0.0923. The smallest absolute Gasteiger partial charge is 0.264 e. The second kappa shape index (κ2) is 8.83. The molecule has 2 aromatic carbocycles. The number of aromatic nitrogens is 2. The Morgan fingerprint density at radius 3 is 2.88 bits per heavy atom. The van der Waals surface area contributed by atoms with Gasteiger partial charge in [-0.3, -0.25) is 10.1 Å². The molecule has 0 radical (unpaired) electrons. The molecule has 1 heterocycles. The third-order valence-corrected chi connectivity index (χ3v) is 6.60. The monoisotopic (exact) mass is 451 g/mol. The predicted octanol–water partition coefficient (Wildman–Crippen LogP) is 5.22. The highest BCUT2D eigenvalue weighted by molar-refractivity contribution is 9.10. The van der Waals surface area contributed by atoms with Crippen LogP contribution >= 0.6 is 39.0 Å². The van der Waals surface area contributed by atoms with Gasteiger partial charge in [0, 0.05) is 5.75 Å². The molecule has 1 aromatic heterocycles. The van der Waals surface area contributed by atoms with Crippen molar-refractivity contribution in [2.24, 2.45) is 5.92 Å². The summed E-state index contributed by atoms with van der Waals surface area (Å²) in [5, 5.41) is 13.4. The third-order valence-electron chi connectivity index (χ3n) is 3.38. The number of nitrogens with zero attached hydrogens (tertiary/aromatic N) is 2. The molecular formula is C18H18BrN3O2S2. The van der Waals surface area contributed by atoms with E-state index in [1.165, 1.54) is 11.3 Å². The zero-order chi connectivity index (χ0) is 18.5. The van der Waals surface area contributed by atoms with Crippen LogP contribution in [0.5, 0.6) is 5.75 Å². The van der Waals surface area contributed by atoms with Gasteiger partial charge in [0.1, 0.15) is 5.75 Å². The summed E-state index contributed by atoms with van der Waals surface area (Å²) in [6, 6.07) is 11.8. The highest BCUT2D eigenvalue weighted by Crippen LogP contribution is 2.33. The minimum Gasteiger partial charge on any atom is -0.483 e. The fourth-order valence-electron chi connectivity index (χ4n) is 2.18. The summed E-state index contributed by atoms with van der Waals surface area (Å²) >= 11 is 6.57. The summed E-state index contributed by atoms with van der Waals surface area (Å²) in [4.78, 5) is 12.1. The maximum absolute atomic E-state index is 12.1. The molecule has 0 fully saturated rings. The van der Waals surface area contributed by atoms with E-state index < -0.39 is 0 Å². The number of hydrogen-bond acceptors (Lipinski definition) is 6. The molecule has 0 atom stereocenters. The van der Waals surface area contributed by atoms with E-state index in [0.717, 1.165) is 25.3 Å². The van der Waals surface area contributed by atoms with Gasteiger partial charge in [-0.2, -0.15) is 0 Å². The number of fused-ring (bicyclic) bond motifs is 1. The van der Waals surface area contributed by atoms with Crippen LogP contribution in [0.2, 0.25) is 0 Å². The van der Waals surface area contributed by atoms with E-state index in [4.69, 9.17) is 4.74 Å². The Balaban J connectivity index is 1.57. The van der Waals surface area contributed by atoms with Gasteiger partial charge in [0.2, 0.25) is 5.13 Å². The summed E-state index contributed by atoms with van der Waals surface area (Å²) in [6.07, 6.45) is 0. The lowest BCUT2D eigenvalue weighted by Crippen LogP contribution is -2.20. The van der Waals surface area contributed by atoms with Crippen molar-refractivity contribution >= 4 is 60.8 Å². The van der Waals surface area contributed by atoms with Crippen LogP contribution in [-0.2, 0) is 4.79 Å². The van der Waals surface area contributed by atoms with E-state index in [1.54, 1.807) is 11.8 Å². The molecule has 1 N–H and O–H groups in total. The number of nitrogens with one attached hydrogen (secondary N) is 1. The molecule has 8 heteroatoms. The quantitative estimate of drug-likeness (QED) is 0.393. The number of ether oxygens (including phenoxy) is 1. The van der Waals surface area contributed by atoms with Gasteiger partial charge in [0.25, 0.3) is 5.91 Å². The molecule has 0 unspecified atom stereocenters. The van der Waals surface area contributed by atoms with Crippen molar-refractivity contribution in [3.05, 3.63) is 40.9 Å². The summed E-state index contributed by atoms with van der Waals surface area (Å²) < 4.78 is 7.35. The molecule has 1 amide bonds. The van der Waals surface area contributed by atoms with Crippen molar-refractivity contribution < 1.29 is 9.53 Å². The van der Waals surface area contributed by atoms with E-state index >= 15 is 0 Å². The Bertz CT molecular complexity index is 914. The molecule has 0 aliphatic heterocycles. The second-order valence-electron chi connectivity index (χ2n) is 6.01. The number of carbonyl (C=O) groups is 1. The number of amides is 1. The van der Waals surface area contributed by atoms with Gasteiger partial charge < -0.3 is 4.74 Å². The van der Waals surface area contributed by atoms with Gasteiger partial charge in [-0.15, -0.1) is 10.2 Å². The molecule has 3 aromatic rings. The molecule has 26 heavy (non-hydrogen) atoms. The number of thioether (sulfide) groups is 1. The Kier molecular flexibility index (Phi) is 6.50. The van der Waals surface area contributed by atoms with E-state index in [9.17, 15) is 4.79 Å².